The molecule has 1 aliphatic heterocycles. The Labute approximate surface area is 222 Å². The second kappa shape index (κ2) is 11.4. The Kier molecular flexibility index (Phi) is 7.60. The van der Waals surface area contributed by atoms with Crippen LogP contribution in [0.3, 0.4) is 0 Å². The van der Waals surface area contributed by atoms with Gasteiger partial charge in [-0.05, 0) is 49.3 Å². The Morgan fingerprint density at radius 2 is 1.68 bits per heavy atom. The first-order chi connectivity index (χ1) is 18.5. The highest BCUT2D eigenvalue weighted by Gasteiger charge is 2.38. The molecule has 0 spiro atoms. The molecule has 5 rings (SSSR count). The quantitative estimate of drug-likeness (QED) is 0.305. The van der Waals surface area contributed by atoms with Crippen LogP contribution >= 0.6 is 0 Å². The maximum Gasteiger partial charge on any atom is 0.254 e. The number of nitrogens with zero attached hydrogens (tertiary/aromatic N) is 5. The molecule has 0 N–H and O–H groups in total. The highest BCUT2D eigenvalue weighted by molar-refractivity contribution is 6.00. The lowest BCUT2D eigenvalue weighted by Crippen LogP contribution is -2.32. The van der Waals surface area contributed by atoms with Gasteiger partial charge in [0.15, 0.2) is 5.82 Å². The second-order valence-corrected chi connectivity index (χ2v) is 9.60. The first kappa shape index (κ1) is 25.4. The highest BCUT2D eigenvalue weighted by atomic mass is 16.6. The molecule has 1 fully saturated rings. The summed E-state index contributed by atoms with van der Waals surface area (Å²) in [6, 6.07) is 27.4. The van der Waals surface area contributed by atoms with Gasteiger partial charge in [0.1, 0.15) is 13.2 Å². The Morgan fingerprint density at radius 1 is 1.03 bits per heavy atom. The van der Waals surface area contributed by atoms with Gasteiger partial charge in [-0.25, -0.2) is 0 Å². The Morgan fingerprint density at radius 3 is 2.34 bits per heavy atom. The first-order valence-electron chi connectivity index (χ1n) is 12.6. The molecule has 1 amide bonds. The number of benzene rings is 3. The first-order valence-corrected chi connectivity index (χ1v) is 12.6. The second-order valence-electron chi connectivity index (χ2n) is 9.60. The summed E-state index contributed by atoms with van der Waals surface area (Å²) in [4.78, 5) is 27.3. The maximum absolute atomic E-state index is 13.7. The van der Waals surface area contributed by atoms with Crippen molar-refractivity contribution in [3.63, 3.8) is 0 Å². The van der Waals surface area contributed by atoms with E-state index in [9.17, 15) is 4.79 Å². The third kappa shape index (κ3) is 5.50. The summed E-state index contributed by atoms with van der Waals surface area (Å²) in [5, 5.41) is 8.45. The average Bonchev–Trinajstić information content (AvgIpc) is 3.60. The van der Waals surface area contributed by atoms with E-state index in [0.717, 1.165) is 23.3 Å². The maximum atomic E-state index is 13.7. The molecule has 8 nitrogen and oxygen atoms in total. The summed E-state index contributed by atoms with van der Waals surface area (Å²) >= 11 is 0. The molecule has 2 atom stereocenters. The van der Waals surface area contributed by atoms with Crippen LogP contribution in [0.15, 0.2) is 94.6 Å². The summed E-state index contributed by atoms with van der Waals surface area (Å²) in [6.45, 7) is 0.336. The topological polar surface area (TPSA) is 84.1 Å². The zero-order chi connectivity index (χ0) is 26.5. The van der Waals surface area contributed by atoms with Crippen molar-refractivity contribution in [1.82, 2.24) is 19.9 Å². The molecule has 8 heteroatoms. The molecule has 194 valence electrons. The monoisotopic (exact) mass is 509 g/mol. The predicted molar refractivity (Wildman–Crippen MR) is 146 cm³/mol. The average molecular weight is 510 g/mol. The third-order valence-electron chi connectivity index (χ3n) is 6.81. The summed E-state index contributed by atoms with van der Waals surface area (Å²) in [5.41, 5.74) is 4.68. The van der Waals surface area contributed by atoms with Crippen LogP contribution in [0.4, 0.5) is 0 Å². The van der Waals surface area contributed by atoms with E-state index < -0.39 is 6.04 Å². The van der Waals surface area contributed by atoms with Gasteiger partial charge in [-0.15, -0.1) is 0 Å². The van der Waals surface area contributed by atoms with E-state index >= 15 is 0 Å². The number of amides is 1. The Hall–Kier alpha value is -4.30. The van der Waals surface area contributed by atoms with Crippen molar-refractivity contribution < 1.29 is 14.2 Å². The van der Waals surface area contributed by atoms with Gasteiger partial charge in [0.05, 0.1) is 18.3 Å². The zero-order valence-electron chi connectivity index (χ0n) is 21.8. The number of likely N-dealkylation sites (tertiary alicyclic amines) is 1. The van der Waals surface area contributed by atoms with Crippen molar-refractivity contribution >= 4 is 11.6 Å². The number of carbonyl (C=O) groups is 1. The van der Waals surface area contributed by atoms with Crippen LogP contribution < -0.4 is 0 Å². The summed E-state index contributed by atoms with van der Waals surface area (Å²) < 4.78 is 5.75. The molecule has 0 saturated carbocycles. The van der Waals surface area contributed by atoms with E-state index in [1.165, 1.54) is 12.7 Å². The van der Waals surface area contributed by atoms with E-state index in [4.69, 9.17) is 14.3 Å². The molecular weight excluding hydrogens is 478 g/mol. The van der Waals surface area contributed by atoms with Crippen molar-refractivity contribution in [2.24, 2.45) is 5.16 Å². The van der Waals surface area contributed by atoms with Crippen LogP contribution in [0.2, 0.25) is 0 Å². The molecule has 0 unspecified atom stereocenters. The van der Waals surface area contributed by atoms with Gasteiger partial charge in [-0.1, -0.05) is 83.1 Å². The fourth-order valence-corrected chi connectivity index (χ4v) is 4.79. The molecule has 0 bridgehead atoms. The van der Waals surface area contributed by atoms with E-state index in [2.05, 4.69) is 27.3 Å². The van der Waals surface area contributed by atoms with Gasteiger partial charge in [0.2, 0.25) is 5.89 Å². The molecule has 4 aromatic rings. The number of oxime groups is 1. The molecule has 0 aliphatic carbocycles. The molecule has 3 aromatic carbocycles. The lowest BCUT2D eigenvalue weighted by molar-refractivity contribution is 0.0732. The molecular formula is C30H31N5O3. The Bertz CT molecular complexity index is 1380. The third-order valence-corrected chi connectivity index (χ3v) is 6.81. The fraction of sp³-hybridized carbons (Fsp3) is 0.267. The molecule has 0 radical (unpaired) electrons. The fourth-order valence-electron chi connectivity index (χ4n) is 4.79. The van der Waals surface area contributed by atoms with Crippen LogP contribution in [0.1, 0.15) is 46.1 Å². The van der Waals surface area contributed by atoms with Gasteiger partial charge < -0.3 is 14.3 Å². The number of likely N-dealkylation sites (N-methyl/N-ethyl adjacent to an activating group) is 1. The van der Waals surface area contributed by atoms with Crippen molar-refractivity contribution in [2.75, 3.05) is 27.7 Å². The summed E-state index contributed by atoms with van der Waals surface area (Å²) in [6.07, 6.45) is 1.21. The number of hydrogen-bond donors (Lipinski definition) is 0. The van der Waals surface area contributed by atoms with Gasteiger partial charge in [0, 0.05) is 12.0 Å². The summed E-state index contributed by atoms with van der Waals surface area (Å²) in [5.74, 6) is 0.872. The van der Waals surface area contributed by atoms with E-state index in [1.807, 2.05) is 86.9 Å². The number of hydrogen-bond acceptors (Lipinski definition) is 7. The van der Waals surface area contributed by atoms with Gasteiger partial charge in [-0.3, -0.25) is 9.69 Å². The molecule has 1 saturated heterocycles. The van der Waals surface area contributed by atoms with Gasteiger partial charge >= 0.3 is 0 Å². The van der Waals surface area contributed by atoms with E-state index in [0.29, 0.717) is 30.2 Å². The predicted octanol–water partition coefficient (Wildman–Crippen LogP) is 5.17. The molecule has 2 heterocycles. The molecule has 38 heavy (non-hydrogen) atoms. The van der Waals surface area contributed by atoms with Gasteiger partial charge in [0.25, 0.3) is 5.91 Å². The van der Waals surface area contributed by atoms with Crippen molar-refractivity contribution in [3.8, 4) is 11.1 Å². The number of aromatic nitrogens is 2. The normalized spacial score (nSPS) is 17.2. The lowest BCUT2D eigenvalue weighted by atomic mass is 10.0. The smallest absolute Gasteiger partial charge is 0.254 e. The minimum absolute atomic E-state index is 0.0955. The Balaban J connectivity index is 1.39. The van der Waals surface area contributed by atoms with Crippen LogP contribution in [0.25, 0.3) is 11.1 Å². The minimum atomic E-state index is -0.401. The summed E-state index contributed by atoms with van der Waals surface area (Å²) in [7, 11) is 5.49. The SMILES string of the molecule is CO/N=C1\C[C@@H](c2noc([C@@H](Cc3ccccc3)N(C)C)n2)N(C(=O)c2ccc(-c3ccccc3)cc2)C1. The van der Waals surface area contributed by atoms with E-state index in [1.54, 1.807) is 4.90 Å². The van der Waals surface area contributed by atoms with Crippen molar-refractivity contribution in [1.29, 1.82) is 0 Å². The molecule has 1 aliphatic rings. The highest BCUT2D eigenvalue weighted by Crippen LogP contribution is 2.32. The largest absolute Gasteiger partial charge is 0.399 e. The van der Waals surface area contributed by atoms with Crippen LogP contribution in [0, 0.1) is 0 Å². The van der Waals surface area contributed by atoms with Gasteiger partial charge in [-0.2, -0.15) is 4.98 Å². The standard InChI is InChI=1S/C30H31N5O3/c1-34(2)27(18-21-10-6-4-7-11-21)29-31-28(33-38-29)26-19-25(32-37-3)20-35(26)30(36)24-16-14-23(15-17-24)22-12-8-5-9-13-22/h4-17,26-27H,18-20H2,1-3H3/b32-25+/t26-,27+/m0/s1. The van der Waals surface area contributed by atoms with E-state index in [-0.39, 0.29) is 11.9 Å². The minimum Gasteiger partial charge on any atom is -0.399 e. The van der Waals surface area contributed by atoms with Crippen LogP contribution in [0.5, 0.6) is 0 Å². The number of carbonyl (C=O) groups excluding carboxylic acids is 1. The van der Waals surface area contributed by atoms with Crippen molar-refractivity contribution in [2.45, 2.75) is 24.9 Å². The van der Waals surface area contributed by atoms with Crippen molar-refractivity contribution in [3.05, 3.63) is 108 Å². The van der Waals surface area contributed by atoms with Crippen LogP contribution in [-0.2, 0) is 11.3 Å². The molecule has 1 aromatic heterocycles. The number of rotatable bonds is 8. The lowest BCUT2D eigenvalue weighted by Gasteiger charge is -2.22. The zero-order valence-corrected chi connectivity index (χ0v) is 21.8. The van der Waals surface area contributed by atoms with Crippen LogP contribution in [-0.4, -0.2) is 59.3 Å².